The quantitative estimate of drug-likeness (QED) is 0.269. The van der Waals surface area contributed by atoms with Crippen LogP contribution in [-0.2, 0) is 47.4 Å². The maximum Gasteiger partial charge on any atom is 1.00 e. The maximum absolute atomic E-state index is 12.8. The van der Waals surface area contributed by atoms with Crippen LogP contribution in [0, 0.1) is 6.33 Å². The number of pyridine rings is 1. The van der Waals surface area contributed by atoms with Gasteiger partial charge in [0.1, 0.15) is 15.4 Å². The minimum Gasteiger partial charge on any atom is 1.00 e. The summed E-state index contributed by atoms with van der Waals surface area (Å²) in [5, 5.41) is -0.0931. The zero-order chi connectivity index (χ0) is 20.6. The number of fused-ring (bicyclic) bond motifs is 1. The molecule has 0 aliphatic carbocycles. The smallest absolute Gasteiger partial charge is 1.00 e. The molecular weight excluding hydrogens is 502 g/mol. The first-order valence-electron chi connectivity index (χ1n) is 7.40. The molecule has 7 nitrogen and oxygen atoms in total. The van der Waals surface area contributed by atoms with Crippen LogP contribution in [0.3, 0.4) is 0 Å². The topological polar surface area (TPSA) is 82.7 Å². The second kappa shape index (κ2) is 10.6. The van der Waals surface area contributed by atoms with Crippen molar-refractivity contribution >= 4 is 30.7 Å². The van der Waals surface area contributed by atoms with Crippen molar-refractivity contribution < 1.29 is 70.2 Å². The summed E-state index contributed by atoms with van der Waals surface area (Å²) in [5.74, 6) is -0.0564. The number of alkyl halides is 3. The van der Waals surface area contributed by atoms with Gasteiger partial charge in [0.05, 0.1) is 11.4 Å². The molecule has 0 aliphatic rings. The molecule has 0 aliphatic heterocycles. The van der Waals surface area contributed by atoms with Gasteiger partial charge in [0.25, 0.3) is 0 Å². The standard InChI is InChI=1S/C14H13F3N5O2S.2ClH.Li.Zn/c1-4-25(23,24)13-10(19-7-21(13)2)12-20-9-5-8(14(15,16)17)6-18-11(9)22(12)3;;;;/h5-6H,4H2,1-3H3;2*1H;;/q-1;;;+1;+2/p-2. The summed E-state index contributed by atoms with van der Waals surface area (Å²) in [4.78, 5) is 11.9. The predicted octanol–water partition coefficient (Wildman–Crippen LogP) is -3.32. The van der Waals surface area contributed by atoms with Crippen LogP contribution in [-0.4, -0.2) is 38.3 Å². The Labute approximate surface area is 197 Å². The van der Waals surface area contributed by atoms with Crippen LogP contribution in [0.4, 0.5) is 13.2 Å². The Morgan fingerprint density at radius 3 is 2.38 bits per heavy atom. The monoisotopic (exact) mass is 513 g/mol. The molecule has 0 radical (unpaired) electrons. The Bertz CT molecular complexity index is 1090. The molecule has 0 N–H and O–H groups in total. The Morgan fingerprint density at radius 1 is 1.28 bits per heavy atom. The zero-order valence-electron chi connectivity index (χ0n) is 15.9. The van der Waals surface area contributed by atoms with Gasteiger partial charge in [-0.15, -0.1) is 0 Å². The number of rotatable bonds is 3. The number of hydrogen-bond donors (Lipinski definition) is 0. The van der Waals surface area contributed by atoms with E-state index in [-0.39, 0.29) is 64.7 Å². The normalized spacial score (nSPS) is 11.3. The number of hydrogen-bond acceptors (Lipinski definition) is 5. The number of nitrogens with zero attached hydrogens (tertiary/aromatic N) is 5. The second-order valence-corrected chi connectivity index (χ2v) is 7.58. The molecule has 0 amide bonds. The summed E-state index contributed by atoms with van der Waals surface area (Å²) >= 11 is 0.847. The van der Waals surface area contributed by atoms with Gasteiger partial charge in [0.2, 0.25) is 0 Å². The number of sulfone groups is 1. The van der Waals surface area contributed by atoms with Crippen molar-refractivity contribution in [2.75, 3.05) is 5.75 Å². The molecule has 3 heterocycles. The molecular formula is C14H13Cl2F3LiN5O2SZn. The predicted molar refractivity (Wildman–Crippen MR) is 88.1 cm³/mol. The van der Waals surface area contributed by atoms with Gasteiger partial charge in [-0.1, -0.05) is 6.92 Å². The van der Waals surface area contributed by atoms with Gasteiger partial charge in [0.15, 0.2) is 5.65 Å². The van der Waals surface area contributed by atoms with Crippen molar-refractivity contribution in [1.82, 2.24) is 24.1 Å². The minimum absolute atomic E-state index is 0. The molecule has 150 valence electrons. The van der Waals surface area contributed by atoms with E-state index in [9.17, 15) is 21.6 Å². The maximum atomic E-state index is 12.8. The summed E-state index contributed by atoms with van der Waals surface area (Å²) in [5.41, 5.74) is -0.719. The molecule has 0 bridgehead atoms. The van der Waals surface area contributed by atoms with Crippen molar-refractivity contribution in [3.63, 3.8) is 0 Å². The van der Waals surface area contributed by atoms with E-state index in [1.54, 1.807) is 0 Å². The second-order valence-electron chi connectivity index (χ2n) is 5.39. The molecule has 15 heteroatoms. The molecule has 3 aromatic heterocycles. The Hall–Kier alpha value is -0.629. The summed E-state index contributed by atoms with van der Waals surface area (Å²) in [7, 11) is 4.13. The minimum atomic E-state index is -4.55. The molecule has 0 atom stereocenters. The number of aromatic nitrogens is 5. The van der Waals surface area contributed by atoms with Crippen molar-refractivity contribution in [2.24, 2.45) is 14.1 Å². The van der Waals surface area contributed by atoms with Crippen LogP contribution in [0.25, 0.3) is 22.7 Å². The Balaban J connectivity index is 0.00000190. The van der Waals surface area contributed by atoms with E-state index in [2.05, 4.69) is 21.3 Å². The third-order valence-corrected chi connectivity index (χ3v) is 5.56. The molecule has 0 unspecified atom stereocenters. The summed E-state index contributed by atoms with van der Waals surface area (Å²) in [6.07, 6.45) is -1.32. The van der Waals surface area contributed by atoms with Crippen LogP contribution in [0.5, 0.6) is 0 Å². The third kappa shape index (κ3) is 5.54. The van der Waals surface area contributed by atoms with Crippen LogP contribution >= 0.6 is 9.69 Å². The molecule has 0 aromatic carbocycles. The van der Waals surface area contributed by atoms with Crippen LogP contribution in [0.2, 0.25) is 0 Å². The van der Waals surface area contributed by atoms with E-state index in [0.29, 0.717) is 6.20 Å². The van der Waals surface area contributed by atoms with Gasteiger partial charge in [-0.05, 0) is 18.8 Å². The molecule has 29 heavy (non-hydrogen) atoms. The van der Waals surface area contributed by atoms with Gasteiger partial charge in [-0.3, -0.25) is 0 Å². The van der Waals surface area contributed by atoms with E-state index in [0.717, 1.165) is 23.4 Å². The average Bonchev–Trinajstić information content (AvgIpc) is 3.16. The number of aryl methyl sites for hydroxylation is 2. The van der Waals surface area contributed by atoms with Gasteiger partial charge in [0, 0.05) is 30.4 Å². The van der Waals surface area contributed by atoms with E-state index in [4.69, 9.17) is 9.69 Å². The Kier molecular flexibility index (Phi) is 10.4. The summed E-state index contributed by atoms with van der Waals surface area (Å²) < 4.78 is 65.8. The van der Waals surface area contributed by atoms with Crippen LogP contribution in [0.15, 0.2) is 17.3 Å². The van der Waals surface area contributed by atoms with Crippen molar-refractivity contribution in [1.29, 1.82) is 0 Å². The number of halogens is 5. The van der Waals surface area contributed by atoms with Crippen LogP contribution in [0.1, 0.15) is 12.5 Å². The molecule has 3 rings (SSSR count). The van der Waals surface area contributed by atoms with E-state index < -0.39 is 21.6 Å². The molecule has 3 aromatic rings. The first kappa shape index (κ1) is 28.4. The summed E-state index contributed by atoms with van der Waals surface area (Å²) in [6.45, 7) is 1.48. The fraction of sp³-hybridized carbons (Fsp3) is 0.357. The first-order chi connectivity index (χ1) is 12.6. The molecule has 0 saturated heterocycles. The van der Waals surface area contributed by atoms with Gasteiger partial charge >= 0.3 is 52.0 Å². The Morgan fingerprint density at radius 2 is 1.86 bits per heavy atom. The van der Waals surface area contributed by atoms with Gasteiger partial charge < -0.3 is 26.5 Å². The third-order valence-electron chi connectivity index (χ3n) is 3.74. The van der Waals surface area contributed by atoms with E-state index in [1.165, 1.54) is 30.2 Å². The molecule has 0 spiro atoms. The molecule has 0 saturated carbocycles. The number of imidazole rings is 2. The SMILES string of the molecule is CCS(=O)(=O)c1c(-c2nc3cc(C(F)(F)F)cnc3n2C)n[c-]n1C.[Cl-].[Cl][Zn+].[Li+]. The van der Waals surface area contributed by atoms with Gasteiger partial charge in [-0.2, -0.15) is 13.2 Å². The van der Waals surface area contributed by atoms with Gasteiger partial charge in [-0.25, -0.2) is 18.4 Å². The van der Waals surface area contributed by atoms with Crippen LogP contribution < -0.4 is 31.3 Å². The molecule has 0 fully saturated rings. The fourth-order valence-electron chi connectivity index (χ4n) is 2.46. The van der Waals surface area contributed by atoms with E-state index >= 15 is 0 Å². The average molecular weight is 516 g/mol. The van der Waals surface area contributed by atoms with E-state index in [1.807, 2.05) is 0 Å². The fourth-order valence-corrected chi connectivity index (χ4v) is 3.62. The summed E-state index contributed by atoms with van der Waals surface area (Å²) in [6, 6.07) is 0.868. The first-order valence-corrected chi connectivity index (χ1v) is 12.9. The van der Waals surface area contributed by atoms with Crippen molar-refractivity contribution in [3.8, 4) is 11.5 Å². The zero-order valence-corrected chi connectivity index (χ0v) is 21.2. The van der Waals surface area contributed by atoms with Crippen molar-refractivity contribution in [2.45, 2.75) is 18.1 Å². The van der Waals surface area contributed by atoms with Crippen molar-refractivity contribution in [3.05, 3.63) is 24.2 Å². The largest absolute Gasteiger partial charge is 1.00 e.